The number of nitrogens with zero attached hydrogens (tertiary/aromatic N) is 1. The quantitative estimate of drug-likeness (QED) is 0.642. The van der Waals surface area contributed by atoms with Gasteiger partial charge < -0.3 is 10.6 Å². The normalized spacial score (nSPS) is 11.0. The minimum absolute atomic E-state index is 0.0405. The zero-order valence-corrected chi connectivity index (χ0v) is 11.0. The Balaban J connectivity index is 2.61. The zero-order valence-electron chi connectivity index (χ0n) is 10.2. The molecular weight excluding hydrogens is 256 g/mol. The fourth-order valence-corrected chi connectivity index (χ4v) is 1.80. The van der Waals surface area contributed by atoms with Crippen LogP contribution in [0.5, 0.6) is 0 Å². The molecule has 100 valence electrons. The first kappa shape index (κ1) is 14.4. The highest BCUT2D eigenvalue weighted by Gasteiger charge is 2.07. The van der Waals surface area contributed by atoms with Crippen LogP contribution in [0.15, 0.2) is 18.3 Å². The van der Waals surface area contributed by atoms with Crippen LogP contribution < -0.4 is 15.4 Å². The van der Waals surface area contributed by atoms with E-state index in [-0.39, 0.29) is 23.9 Å². The van der Waals surface area contributed by atoms with Gasteiger partial charge in [-0.2, -0.15) is 0 Å². The molecule has 0 fully saturated rings. The first-order chi connectivity index (χ1) is 8.48. The second-order valence-corrected chi connectivity index (χ2v) is 5.50. The Bertz CT molecular complexity index is 516. The molecule has 0 aromatic carbocycles. The average Bonchev–Trinajstić information content (AvgIpc) is 2.38. The minimum Gasteiger partial charge on any atom is -0.384 e. The number of nitrogens with one attached hydrogen (secondary N) is 3. The van der Waals surface area contributed by atoms with Crippen molar-refractivity contribution in [3.8, 4) is 0 Å². The highest BCUT2D eigenvalue weighted by atomic mass is 32.2. The molecule has 0 aliphatic heterocycles. The van der Waals surface area contributed by atoms with Gasteiger partial charge in [0, 0.05) is 25.5 Å². The number of hydrogen-bond donors (Lipinski definition) is 3. The number of carbonyl (C=O) groups excluding carboxylic acids is 1. The van der Waals surface area contributed by atoms with Gasteiger partial charge in [-0.25, -0.2) is 13.1 Å². The van der Waals surface area contributed by atoms with Crippen LogP contribution in [-0.2, 0) is 10.0 Å². The first-order valence-corrected chi connectivity index (χ1v) is 6.97. The lowest BCUT2D eigenvalue weighted by molar-refractivity contribution is 0.0958. The van der Waals surface area contributed by atoms with Gasteiger partial charge >= 0.3 is 0 Å². The van der Waals surface area contributed by atoms with E-state index < -0.39 is 10.0 Å². The molecule has 1 amide bonds. The number of hydrogen-bond acceptors (Lipinski definition) is 5. The SMILES string of the molecule is CNC(=O)c1cc(NCCS(=O)(=O)NC)ccn1. The lowest BCUT2D eigenvalue weighted by atomic mass is 10.3. The monoisotopic (exact) mass is 272 g/mol. The molecule has 1 heterocycles. The molecule has 3 N–H and O–H groups in total. The van der Waals surface area contributed by atoms with E-state index in [4.69, 9.17) is 0 Å². The van der Waals surface area contributed by atoms with Crippen molar-refractivity contribution in [1.29, 1.82) is 0 Å². The lowest BCUT2D eigenvalue weighted by Gasteiger charge is -2.07. The van der Waals surface area contributed by atoms with Crippen molar-refractivity contribution in [2.24, 2.45) is 0 Å². The summed E-state index contributed by atoms with van der Waals surface area (Å²) >= 11 is 0. The Morgan fingerprint density at radius 3 is 2.72 bits per heavy atom. The molecule has 0 atom stereocenters. The van der Waals surface area contributed by atoms with Gasteiger partial charge in [0.1, 0.15) is 5.69 Å². The Morgan fingerprint density at radius 2 is 2.11 bits per heavy atom. The van der Waals surface area contributed by atoms with Crippen LogP contribution >= 0.6 is 0 Å². The van der Waals surface area contributed by atoms with Crippen LogP contribution in [0.2, 0.25) is 0 Å². The summed E-state index contributed by atoms with van der Waals surface area (Å²) in [7, 11) is -0.344. The topological polar surface area (TPSA) is 100 Å². The molecule has 0 spiro atoms. The molecule has 7 nitrogen and oxygen atoms in total. The van der Waals surface area contributed by atoms with E-state index in [9.17, 15) is 13.2 Å². The molecule has 0 aliphatic rings. The zero-order chi connectivity index (χ0) is 13.6. The Morgan fingerprint density at radius 1 is 1.39 bits per heavy atom. The van der Waals surface area contributed by atoms with Crippen molar-refractivity contribution in [3.05, 3.63) is 24.0 Å². The maximum atomic E-state index is 11.3. The van der Waals surface area contributed by atoms with Crippen molar-refractivity contribution in [2.45, 2.75) is 0 Å². The lowest BCUT2D eigenvalue weighted by Crippen LogP contribution is -2.26. The van der Waals surface area contributed by atoms with Crippen molar-refractivity contribution < 1.29 is 13.2 Å². The molecular formula is C10H16N4O3S. The van der Waals surface area contributed by atoms with E-state index in [0.717, 1.165) is 0 Å². The fourth-order valence-electron chi connectivity index (χ4n) is 1.22. The molecule has 1 rings (SSSR count). The predicted molar refractivity (Wildman–Crippen MR) is 69.0 cm³/mol. The highest BCUT2D eigenvalue weighted by Crippen LogP contribution is 2.07. The first-order valence-electron chi connectivity index (χ1n) is 5.31. The number of aromatic nitrogens is 1. The predicted octanol–water partition coefficient (Wildman–Crippen LogP) is -0.598. The number of sulfonamides is 1. The van der Waals surface area contributed by atoms with Crippen molar-refractivity contribution >= 4 is 21.6 Å². The number of rotatable bonds is 6. The summed E-state index contributed by atoms with van der Waals surface area (Å²) in [6, 6.07) is 3.23. The third-order valence-electron chi connectivity index (χ3n) is 2.23. The number of carbonyl (C=O) groups is 1. The summed E-state index contributed by atoms with van der Waals surface area (Å²) in [6.45, 7) is 0.250. The van der Waals surface area contributed by atoms with Crippen molar-refractivity contribution in [3.63, 3.8) is 0 Å². The molecule has 0 radical (unpaired) electrons. The number of amides is 1. The van der Waals surface area contributed by atoms with Crippen molar-refractivity contribution in [2.75, 3.05) is 31.7 Å². The molecule has 0 saturated heterocycles. The number of pyridine rings is 1. The summed E-state index contributed by atoms with van der Waals surface area (Å²) in [5, 5.41) is 5.38. The van der Waals surface area contributed by atoms with Crippen LogP contribution in [0, 0.1) is 0 Å². The maximum absolute atomic E-state index is 11.3. The van der Waals surface area contributed by atoms with Gasteiger partial charge in [-0.05, 0) is 19.2 Å². The Hall–Kier alpha value is -1.67. The Kier molecular flexibility index (Phi) is 5.05. The summed E-state index contributed by atoms with van der Waals surface area (Å²) < 4.78 is 24.6. The van der Waals surface area contributed by atoms with Gasteiger partial charge in [-0.15, -0.1) is 0 Å². The highest BCUT2D eigenvalue weighted by molar-refractivity contribution is 7.89. The van der Waals surface area contributed by atoms with Gasteiger partial charge in [0.15, 0.2) is 0 Å². The molecule has 8 heteroatoms. The van der Waals surface area contributed by atoms with Gasteiger partial charge in [0.25, 0.3) is 5.91 Å². The maximum Gasteiger partial charge on any atom is 0.269 e. The Labute approximate surface area is 106 Å². The van der Waals surface area contributed by atoms with Gasteiger partial charge in [0.05, 0.1) is 5.75 Å². The molecule has 1 aromatic rings. The minimum atomic E-state index is -3.23. The molecule has 0 saturated carbocycles. The van der Waals surface area contributed by atoms with E-state index in [1.54, 1.807) is 12.1 Å². The smallest absolute Gasteiger partial charge is 0.269 e. The van der Waals surface area contributed by atoms with Crippen LogP contribution in [0.4, 0.5) is 5.69 Å². The van der Waals surface area contributed by atoms with Gasteiger partial charge in [-0.1, -0.05) is 0 Å². The molecule has 18 heavy (non-hydrogen) atoms. The summed E-state index contributed by atoms with van der Waals surface area (Å²) in [5.74, 6) is -0.331. The van der Waals surface area contributed by atoms with E-state index in [1.807, 2.05) is 0 Å². The van der Waals surface area contributed by atoms with E-state index >= 15 is 0 Å². The molecule has 1 aromatic heterocycles. The third-order valence-corrected chi connectivity index (χ3v) is 3.59. The summed E-state index contributed by atoms with van der Waals surface area (Å²) in [6.07, 6.45) is 1.49. The largest absolute Gasteiger partial charge is 0.384 e. The van der Waals surface area contributed by atoms with E-state index in [1.165, 1.54) is 20.3 Å². The third kappa shape index (κ3) is 4.30. The molecule has 0 aliphatic carbocycles. The van der Waals surface area contributed by atoms with E-state index in [0.29, 0.717) is 5.69 Å². The number of anilines is 1. The van der Waals surface area contributed by atoms with E-state index in [2.05, 4.69) is 20.3 Å². The second kappa shape index (κ2) is 6.31. The van der Waals surface area contributed by atoms with Crippen LogP contribution in [0.25, 0.3) is 0 Å². The summed E-state index contributed by atoms with van der Waals surface area (Å²) in [5.41, 5.74) is 0.925. The molecule has 0 unspecified atom stereocenters. The molecule has 0 bridgehead atoms. The van der Waals surface area contributed by atoms with Crippen LogP contribution in [0.3, 0.4) is 0 Å². The standard InChI is InChI=1S/C10H16N4O3S/c1-11-10(15)9-7-8(3-4-14-9)13-5-6-18(16,17)12-2/h3-4,7,12H,5-6H2,1-2H3,(H,11,15)(H,13,14). The van der Waals surface area contributed by atoms with Crippen LogP contribution in [-0.4, -0.2) is 45.7 Å². The average molecular weight is 272 g/mol. The van der Waals surface area contributed by atoms with Crippen molar-refractivity contribution in [1.82, 2.24) is 15.0 Å². The second-order valence-electron chi connectivity index (χ2n) is 3.46. The van der Waals surface area contributed by atoms with Gasteiger partial charge in [0.2, 0.25) is 10.0 Å². The van der Waals surface area contributed by atoms with Gasteiger partial charge in [-0.3, -0.25) is 9.78 Å². The fraction of sp³-hybridized carbons (Fsp3) is 0.400. The van der Waals surface area contributed by atoms with Crippen LogP contribution in [0.1, 0.15) is 10.5 Å². The summed E-state index contributed by atoms with van der Waals surface area (Å²) in [4.78, 5) is 15.2.